The lowest BCUT2D eigenvalue weighted by molar-refractivity contribution is 0.312. The molecule has 2 rings (SSSR count). The van der Waals surface area contributed by atoms with Crippen LogP contribution in [0.15, 0.2) is 32.3 Å². The van der Waals surface area contributed by atoms with Gasteiger partial charge in [-0.25, -0.2) is 14.2 Å². The van der Waals surface area contributed by atoms with Crippen molar-refractivity contribution in [3.63, 3.8) is 0 Å². The highest BCUT2D eigenvalue weighted by Gasteiger charge is 2.13. The highest BCUT2D eigenvalue weighted by molar-refractivity contribution is 6.34. The molecule has 0 N–H and O–H groups in total. The lowest BCUT2D eigenvalue weighted by Gasteiger charge is -2.01. The van der Waals surface area contributed by atoms with Crippen LogP contribution in [0.2, 0.25) is 10.0 Å². The summed E-state index contributed by atoms with van der Waals surface area (Å²) in [5, 5.41) is 0.652. The first-order valence-corrected chi connectivity index (χ1v) is 5.01. The highest BCUT2D eigenvalue weighted by atomic mass is 35.5. The zero-order valence-corrected chi connectivity index (χ0v) is 9.62. The third-order valence-corrected chi connectivity index (χ3v) is 2.59. The van der Waals surface area contributed by atoms with Crippen molar-refractivity contribution in [2.24, 2.45) is 7.05 Å². The summed E-state index contributed by atoms with van der Waals surface area (Å²) in [5.41, 5.74) is -0.383. The minimum atomic E-state index is -0.763. The van der Waals surface area contributed by atoms with E-state index in [4.69, 9.17) is 27.7 Å². The summed E-state index contributed by atoms with van der Waals surface area (Å²) in [7, 11) is 1.31. The zero-order chi connectivity index (χ0) is 11.9. The average Bonchev–Trinajstić information content (AvgIpc) is 2.50. The van der Waals surface area contributed by atoms with Gasteiger partial charge in [0.1, 0.15) is 5.69 Å². The van der Waals surface area contributed by atoms with Crippen LogP contribution in [0.5, 0.6) is 0 Å². The minimum Gasteiger partial charge on any atom is -0.312 e. The quantitative estimate of drug-likeness (QED) is 0.780. The van der Waals surface area contributed by atoms with E-state index >= 15 is 0 Å². The number of nitrogens with zero attached hydrogens (tertiary/aromatic N) is 2. The molecule has 0 bridgehead atoms. The van der Waals surface area contributed by atoms with Gasteiger partial charge in [0.05, 0.1) is 5.02 Å². The smallest absolute Gasteiger partial charge is 0.312 e. The van der Waals surface area contributed by atoms with Crippen LogP contribution >= 0.6 is 23.2 Å². The molecule has 1 aromatic heterocycles. The lowest BCUT2D eigenvalue weighted by Crippen LogP contribution is -2.25. The second kappa shape index (κ2) is 3.84. The second-order valence-electron chi connectivity index (χ2n) is 3.09. The van der Waals surface area contributed by atoms with E-state index in [-0.39, 0.29) is 10.7 Å². The van der Waals surface area contributed by atoms with Crippen LogP contribution in [0.3, 0.4) is 0 Å². The summed E-state index contributed by atoms with van der Waals surface area (Å²) >= 11 is 11.6. The summed E-state index contributed by atoms with van der Waals surface area (Å²) in [6, 6.07) is 4.52. The molecule has 0 unspecified atom stereocenters. The third-order valence-electron chi connectivity index (χ3n) is 2.03. The van der Waals surface area contributed by atoms with Crippen LogP contribution in [0, 0.1) is 0 Å². The van der Waals surface area contributed by atoms with E-state index in [0.717, 1.165) is 9.31 Å². The largest absolute Gasteiger partial charge is 0.442 e. The van der Waals surface area contributed by atoms with Crippen LogP contribution in [-0.4, -0.2) is 9.31 Å². The summed E-state index contributed by atoms with van der Waals surface area (Å²) < 4.78 is 6.37. The van der Waals surface area contributed by atoms with Crippen LogP contribution in [-0.2, 0) is 7.05 Å². The summed E-state index contributed by atoms with van der Waals surface area (Å²) in [6.07, 6.45) is 0. The lowest BCUT2D eigenvalue weighted by atomic mass is 10.3. The molecule has 0 saturated carbocycles. The molecule has 0 aliphatic carbocycles. The van der Waals surface area contributed by atoms with E-state index in [2.05, 4.69) is 0 Å². The van der Waals surface area contributed by atoms with E-state index in [0.29, 0.717) is 5.02 Å². The molecule has 0 aliphatic rings. The van der Waals surface area contributed by atoms with E-state index in [9.17, 15) is 9.59 Å². The van der Waals surface area contributed by atoms with E-state index in [1.54, 1.807) is 6.07 Å². The molecule has 16 heavy (non-hydrogen) atoms. The number of rotatable bonds is 1. The number of aromatic nitrogens is 2. The monoisotopic (exact) mass is 260 g/mol. The predicted octanol–water partition coefficient (Wildman–Crippen LogP) is 1.44. The maximum atomic E-state index is 11.6. The maximum absolute atomic E-state index is 11.6. The Morgan fingerprint density at radius 2 is 1.94 bits per heavy atom. The fourth-order valence-corrected chi connectivity index (χ4v) is 1.55. The van der Waals surface area contributed by atoms with Gasteiger partial charge in [-0.1, -0.05) is 23.2 Å². The highest BCUT2D eigenvalue weighted by Crippen LogP contribution is 2.22. The Bertz CT molecular complexity index is 654. The number of benzene rings is 1. The first-order chi connectivity index (χ1) is 7.50. The fraction of sp³-hybridized carbons (Fsp3) is 0.111. The number of hydrogen-bond donors (Lipinski definition) is 0. The standard InChI is InChI=1S/C9H6Cl2N2O3/c1-12-8(14)13(16-9(12)15)7-4-5(10)2-3-6(7)11/h2-4H,1H3. The Morgan fingerprint density at radius 3 is 2.50 bits per heavy atom. The van der Waals surface area contributed by atoms with Crippen molar-refractivity contribution in [1.29, 1.82) is 0 Å². The average molecular weight is 261 g/mol. The molecule has 0 fully saturated rings. The van der Waals surface area contributed by atoms with Gasteiger partial charge in [0.15, 0.2) is 0 Å². The predicted molar refractivity (Wildman–Crippen MR) is 59.6 cm³/mol. The van der Waals surface area contributed by atoms with Crippen LogP contribution in [0.4, 0.5) is 0 Å². The van der Waals surface area contributed by atoms with E-state index in [1.807, 2.05) is 0 Å². The number of halogens is 2. The van der Waals surface area contributed by atoms with Gasteiger partial charge in [0, 0.05) is 12.1 Å². The molecule has 5 nitrogen and oxygen atoms in total. The fourth-order valence-electron chi connectivity index (χ4n) is 1.19. The molecule has 0 radical (unpaired) electrons. The Hall–Kier alpha value is -1.46. The van der Waals surface area contributed by atoms with Gasteiger partial charge >= 0.3 is 11.4 Å². The van der Waals surface area contributed by atoms with Gasteiger partial charge in [-0.2, -0.15) is 0 Å². The maximum Gasteiger partial charge on any atom is 0.442 e. The van der Waals surface area contributed by atoms with Crippen LogP contribution in [0.25, 0.3) is 5.69 Å². The zero-order valence-electron chi connectivity index (χ0n) is 8.11. The molecule has 0 aliphatic heterocycles. The van der Waals surface area contributed by atoms with E-state index in [1.165, 1.54) is 19.2 Å². The Kier molecular flexibility index (Phi) is 2.65. The third kappa shape index (κ3) is 1.68. The van der Waals surface area contributed by atoms with E-state index < -0.39 is 11.4 Å². The SMILES string of the molecule is Cn1c(=O)on(-c2cc(Cl)ccc2Cl)c1=O. The van der Waals surface area contributed by atoms with Gasteiger partial charge in [-0.3, -0.25) is 0 Å². The van der Waals surface area contributed by atoms with Crippen molar-refractivity contribution in [3.05, 3.63) is 49.3 Å². The van der Waals surface area contributed by atoms with Crippen molar-refractivity contribution < 1.29 is 4.52 Å². The molecular weight excluding hydrogens is 255 g/mol. The Morgan fingerprint density at radius 1 is 1.25 bits per heavy atom. The topological polar surface area (TPSA) is 57.1 Å². The Balaban J connectivity index is 2.77. The van der Waals surface area contributed by atoms with Gasteiger partial charge in [0.2, 0.25) is 0 Å². The molecule has 84 valence electrons. The molecule has 0 atom stereocenters. The van der Waals surface area contributed by atoms with Crippen LogP contribution < -0.4 is 11.4 Å². The second-order valence-corrected chi connectivity index (χ2v) is 3.93. The summed E-state index contributed by atoms with van der Waals surface area (Å²) in [5.74, 6) is -0.763. The molecular formula is C9H6Cl2N2O3. The molecule has 1 aromatic carbocycles. The van der Waals surface area contributed by atoms with Gasteiger partial charge < -0.3 is 4.52 Å². The molecule has 7 heteroatoms. The van der Waals surface area contributed by atoms with Crippen LogP contribution in [0.1, 0.15) is 0 Å². The minimum absolute atomic E-state index is 0.233. The first kappa shape index (κ1) is 11.0. The Labute approximate surface area is 99.4 Å². The van der Waals surface area contributed by atoms with Gasteiger partial charge in [0.25, 0.3) is 0 Å². The normalized spacial score (nSPS) is 10.7. The molecule has 0 amide bonds. The molecule has 2 aromatic rings. The summed E-state index contributed by atoms with van der Waals surface area (Å²) in [4.78, 5) is 22.7. The molecule has 1 heterocycles. The molecule has 0 saturated heterocycles. The first-order valence-electron chi connectivity index (χ1n) is 4.25. The number of hydrogen-bond acceptors (Lipinski definition) is 3. The van der Waals surface area contributed by atoms with Gasteiger partial charge in [-0.05, 0) is 18.2 Å². The summed E-state index contributed by atoms with van der Waals surface area (Å²) in [6.45, 7) is 0. The van der Waals surface area contributed by atoms with Crippen molar-refractivity contribution in [2.75, 3.05) is 0 Å². The van der Waals surface area contributed by atoms with Gasteiger partial charge in [-0.15, -0.1) is 4.74 Å². The van der Waals surface area contributed by atoms with Crippen molar-refractivity contribution in [1.82, 2.24) is 9.31 Å². The van der Waals surface area contributed by atoms with Crippen molar-refractivity contribution in [2.45, 2.75) is 0 Å². The van der Waals surface area contributed by atoms with Crippen molar-refractivity contribution in [3.8, 4) is 5.69 Å². The molecule has 0 spiro atoms. The van der Waals surface area contributed by atoms with Crippen molar-refractivity contribution >= 4 is 23.2 Å².